The molecule has 2 aromatic carbocycles. The van der Waals surface area contributed by atoms with Crippen molar-refractivity contribution in [2.75, 3.05) is 0 Å². The normalized spacial score (nSPS) is 16.6. The first kappa shape index (κ1) is 19.5. The third kappa shape index (κ3) is 3.38. The van der Waals surface area contributed by atoms with Crippen molar-refractivity contribution in [1.82, 2.24) is 4.57 Å². The molecule has 2 N–H and O–H groups in total. The molecule has 0 unspecified atom stereocenters. The van der Waals surface area contributed by atoms with Crippen LogP contribution in [0.2, 0.25) is 0 Å². The van der Waals surface area contributed by atoms with E-state index in [2.05, 4.69) is 6.07 Å². The van der Waals surface area contributed by atoms with Crippen molar-refractivity contribution >= 4 is 10.9 Å². The second-order valence-electron chi connectivity index (χ2n) is 7.79. The second kappa shape index (κ2) is 6.60. The van der Waals surface area contributed by atoms with Crippen LogP contribution in [0.15, 0.2) is 42.6 Å². The molecule has 0 bridgehead atoms. The summed E-state index contributed by atoms with van der Waals surface area (Å²) < 4.78 is 57.2. The van der Waals surface area contributed by atoms with Crippen LogP contribution in [0.4, 0.5) is 17.6 Å². The molecule has 0 spiro atoms. The quantitative estimate of drug-likeness (QED) is 0.563. The van der Waals surface area contributed by atoms with Crippen LogP contribution in [0, 0.1) is 22.6 Å². The van der Waals surface area contributed by atoms with E-state index in [0.717, 1.165) is 18.9 Å². The molecule has 1 heterocycles. The lowest BCUT2D eigenvalue weighted by atomic mass is 9.96. The van der Waals surface area contributed by atoms with Gasteiger partial charge in [0, 0.05) is 35.2 Å². The van der Waals surface area contributed by atoms with Crippen molar-refractivity contribution in [3.63, 3.8) is 0 Å². The molecule has 29 heavy (non-hydrogen) atoms. The van der Waals surface area contributed by atoms with E-state index in [-0.39, 0.29) is 17.2 Å². The third-order valence-corrected chi connectivity index (χ3v) is 5.58. The van der Waals surface area contributed by atoms with Crippen LogP contribution >= 0.6 is 0 Å². The monoisotopic (exact) mass is 401 g/mol. The zero-order valence-electron chi connectivity index (χ0n) is 15.7. The predicted octanol–water partition coefficient (Wildman–Crippen LogP) is 5.79. The Morgan fingerprint density at radius 3 is 2.48 bits per heavy atom. The van der Waals surface area contributed by atoms with Gasteiger partial charge in [-0.05, 0) is 49.1 Å². The van der Waals surface area contributed by atoms with Gasteiger partial charge in [-0.15, -0.1) is 0 Å². The van der Waals surface area contributed by atoms with Crippen LogP contribution in [-0.4, -0.2) is 4.57 Å². The van der Waals surface area contributed by atoms with Crippen molar-refractivity contribution in [2.24, 2.45) is 11.1 Å². The van der Waals surface area contributed by atoms with Gasteiger partial charge in [-0.25, -0.2) is 4.39 Å². The predicted molar refractivity (Wildman–Crippen MR) is 102 cm³/mol. The molecular weight excluding hydrogens is 382 g/mol. The van der Waals surface area contributed by atoms with Crippen molar-refractivity contribution in [1.29, 1.82) is 5.26 Å². The molecule has 0 saturated heterocycles. The summed E-state index contributed by atoms with van der Waals surface area (Å²) in [4.78, 5) is 0. The Balaban J connectivity index is 1.95. The van der Waals surface area contributed by atoms with Gasteiger partial charge in [0.1, 0.15) is 5.82 Å². The SMILES string of the molecule is C[C@@H](N)c1cn(CC2(C#N)CC2)c2cc(-c3ccccc3C(F)(F)F)c(F)cc12. The minimum Gasteiger partial charge on any atom is -0.346 e. The summed E-state index contributed by atoms with van der Waals surface area (Å²) in [5, 5.41) is 9.99. The minimum absolute atomic E-state index is 0.122. The molecule has 3 nitrogen and oxygen atoms in total. The number of aromatic nitrogens is 1. The fourth-order valence-corrected chi connectivity index (χ4v) is 3.79. The number of hydrogen-bond acceptors (Lipinski definition) is 2. The number of nitrogens with two attached hydrogens (primary N) is 1. The first-order valence-electron chi connectivity index (χ1n) is 9.31. The van der Waals surface area contributed by atoms with Crippen LogP contribution in [0.5, 0.6) is 0 Å². The number of fused-ring (bicyclic) bond motifs is 1. The van der Waals surface area contributed by atoms with Crippen molar-refractivity contribution in [3.8, 4) is 17.2 Å². The number of benzene rings is 2. The minimum atomic E-state index is -4.60. The summed E-state index contributed by atoms with van der Waals surface area (Å²) in [7, 11) is 0. The molecule has 1 fully saturated rings. The summed E-state index contributed by atoms with van der Waals surface area (Å²) in [5.74, 6) is -0.740. The largest absolute Gasteiger partial charge is 0.417 e. The van der Waals surface area contributed by atoms with Gasteiger partial charge in [-0.2, -0.15) is 18.4 Å². The van der Waals surface area contributed by atoms with Gasteiger partial charge in [0.15, 0.2) is 0 Å². The molecule has 0 aliphatic heterocycles. The Labute approximate surface area is 165 Å². The summed E-state index contributed by atoms with van der Waals surface area (Å²) in [5.41, 5.74) is 5.61. The van der Waals surface area contributed by atoms with E-state index in [9.17, 15) is 22.8 Å². The van der Waals surface area contributed by atoms with Crippen LogP contribution in [-0.2, 0) is 12.7 Å². The van der Waals surface area contributed by atoms with Gasteiger partial charge < -0.3 is 10.3 Å². The summed E-state index contributed by atoms with van der Waals surface area (Å²) in [6, 6.07) is 9.57. The molecule has 0 amide bonds. The molecule has 7 heteroatoms. The molecule has 0 radical (unpaired) electrons. The lowest BCUT2D eigenvalue weighted by Crippen LogP contribution is -2.09. The van der Waals surface area contributed by atoms with E-state index in [0.29, 0.717) is 23.0 Å². The molecule has 1 aliphatic rings. The van der Waals surface area contributed by atoms with Crippen molar-refractivity contribution in [2.45, 2.75) is 38.5 Å². The highest BCUT2D eigenvalue weighted by Crippen LogP contribution is 2.47. The highest BCUT2D eigenvalue weighted by molar-refractivity contribution is 5.89. The topological polar surface area (TPSA) is 54.7 Å². The Bertz CT molecular complexity index is 1130. The summed E-state index contributed by atoms with van der Waals surface area (Å²) in [6.45, 7) is 2.17. The smallest absolute Gasteiger partial charge is 0.346 e. The van der Waals surface area contributed by atoms with Gasteiger partial charge in [0.2, 0.25) is 0 Å². The molecule has 150 valence electrons. The number of alkyl halides is 3. The highest BCUT2D eigenvalue weighted by atomic mass is 19.4. The first-order valence-corrected chi connectivity index (χ1v) is 9.31. The Morgan fingerprint density at radius 2 is 1.90 bits per heavy atom. The number of nitrogens with zero attached hydrogens (tertiary/aromatic N) is 2. The number of hydrogen-bond donors (Lipinski definition) is 1. The average molecular weight is 401 g/mol. The van der Waals surface area contributed by atoms with Crippen LogP contribution in [0.1, 0.15) is 36.9 Å². The Kier molecular flexibility index (Phi) is 4.43. The molecular formula is C22H19F4N3. The zero-order valence-corrected chi connectivity index (χ0v) is 15.7. The zero-order chi connectivity index (χ0) is 21.0. The van der Waals surface area contributed by atoms with Crippen LogP contribution in [0.25, 0.3) is 22.0 Å². The average Bonchev–Trinajstić information content (AvgIpc) is 3.36. The van der Waals surface area contributed by atoms with E-state index in [1.807, 2.05) is 4.57 Å². The van der Waals surface area contributed by atoms with E-state index in [4.69, 9.17) is 5.73 Å². The molecule has 1 aromatic heterocycles. The van der Waals surface area contributed by atoms with Crippen LogP contribution in [0.3, 0.4) is 0 Å². The molecule has 1 saturated carbocycles. The lowest BCUT2D eigenvalue weighted by Gasteiger charge is -2.15. The van der Waals surface area contributed by atoms with E-state index >= 15 is 0 Å². The lowest BCUT2D eigenvalue weighted by molar-refractivity contribution is -0.137. The molecule has 1 aliphatic carbocycles. The highest BCUT2D eigenvalue weighted by Gasteiger charge is 2.43. The van der Waals surface area contributed by atoms with Gasteiger partial charge in [-0.3, -0.25) is 0 Å². The van der Waals surface area contributed by atoms with E-state index in [1.165, 1.54) is 30.3 Å². The Morgan fingerprint density at radius 1 is 1.21 bits per heavy atom. The summed E-state index contributed by atoms with van der Waals surface area (Å²) >= 11 is 0. The maximum Gasteiger partial charge on any atom is 0.417 e. The first-order chi connectivity index (χ1) is 13.6. The Hall–Kier alpha value is -2.85. The maximum atomic E-state index is 15.0. The van der Waals surface area contributed by atoms with E-state index < -0.39 is 23.0 Å². The van der Waals surface area contributed by atoms with Gasteiger partial charge in [0.25, 0.3) is 0 Å². The number of halogens is 4. The number of nitriles is 1. The fraction of sp³-hybridized carbons (Fsp3) is 0.318. The van der Waals surface area contributed by atoms with Gasteiger partial charge >= 0.3 is 6.18 Å². The number of rotatable bonds is 4. The molecule has 1 atom stereocenters. The third-order valence-electron chi connectivity index (χ3n) is 5.58. The van der Waals surface area contributed by atoms with Crippen LogP contribution < -0.4 is 5.73 Å². The maximum absolute atomic E-state index is 15.0. The van der Waals surface area contributed by atoms with Crippen molar-refractivity contribution in [3.05, 3.63) is 59.5 Å². The van der Waals surface area contributed by atoms with E-state index in [1.54, 1.807) is 13.1 Å². The van der Waals surface area contributed by atoms with Crippen molar-refractivity contribution < 1.29 is 17.6 Å². The second-order valence-corrected chi connectivity index (χ2v) is 7.79. The fourth-order valence-electron chi connectivity index (χ4n) is 3.79. The van der Waals surface area contributed by atoms with Gasteiger partial charge in [-0.1, -0.05) is 18.2 Å². The van der Waals surface area contributed by atoms with Gasteiger partial charge in [0.05, 0.1) is 17.0 Å². The summed E-state index contributed by atoms with van der Waals surface area (Å²) in [6.07, 6.45) is -1.29. The standard InChI is InChI=1S/C22H19F4N3/c1-13(28)17-10-29(12-21(11-27)6-7-21)20-9-15(19(23)8-16(17)20)14-4-2-3-5-18(14)22(24,25)26/h2-5,8-10,13H,6-7,12,28H2,1H3/t13-/m1/s1. The molecule has 4 rings (SSSR count). The molecule has 3 aromatic rings.